The minimum Gasteiger partial charge on any atom is -0.368 e. The van der Waals surface area contributed by atoms with Gasteiger partial charge in [0.25, 0.3) is 0 Å². The van der Waals surface area contributed by atoms with Crippen molar-refractivity contribution >= 4 is 17.7 Å². The Labute approximate surface area is 156 Å². The highest BCUT2D eigenvalue weighted by Crippen LogP contribution is 2.37. The molecular weight excluding hydrogens is 351 g/mol. The third kappa shape index (κ3) is 4.15. The van der Waals surface area contributed by atoms with E-state index in [0.29, 0.717) is 23.2 Å². The van der Waals surface area contributed by atoms with Crippen molar-refractivity contribution in [1.29, 1.82) is 0 Å². The molecule has 0 spiro atoms. The maximum atomic E-state index is 13.2. The number of hydrogen-bond donors (Lipinski definition) is 1. The first-order valence-electron chi connectivity index (χ1n) is 8.85. The van der Waals surface area contributed by atoms with E-state index in [9.17, 15) is 9.18 Å². The van der Waals surface area contributed by atoms with Crippen LogP contribution in [0.2, 0.25) is 0 Å². The van der Waals surface area contributed by atoms with Gasteiger partial charge in [-0.15, -0.1) is 16.8 Å². The molecule has 0 unspecified atom stereocenters. The van der Waals surface area contributed by atoms with Crippen LogP contribution in [0.25, 0.3) is 0 Å². The fourth-order valence-electron chi connectivity index (χ4n) is 3.38. The van der Waals surface area contributed by atoms with E-state index >= 15 is 0 Å². The lowest BCUT2D eigenvalue weighted by Crippen LogP contribution is -2.20. The summed E-state index contributed by atoms with van der Waals surface area (Å²) in [5, 5.41) is 8.72. The maximum Gasteiger partial charge on any atom is 0.235 e. The number of thioether (sulfide) groups is 1. The molecule has 5 nitrogen and oxygen atoms in total. The van der Waals surface area contributed by atoms with Crippen LogP contribution >= 0.6 is 11.8 Å². The van der Waals surface area contributed by atoms with Crippen molar-refractivity contribution in [3.05, 3.63) is 54.1 Å². The van der Waals surface area contributed by atoms with Crippen molar-refractivity contribution < 1.29 is 9.18 Å². The second-order valence-corrected chi connectivity index (χ2v) is 7.60. The molecule has 1 aromatic carbocycles. The molecule has 3 rings (SSSR count). The van der Waals surface area contributed by atoms with E-state index in [2.05, 4.69) is 16.8 Å². The number of aromatic nitrogens is 3. The lowest BCUT2D eigenvalue weighted by atomic mass is 9.89. The Balaban J connectivity index is 1.89. The van der Waals surface area contributed by atoms with Gasteiger partial charge < -0.3 is 10.3 Å². The minimum absolute atomic E-state index is 0.351. The number of primary amides is 1. The Morgan fingerprint density at radius 1 is 1.31 bits per heavy atom. The first-order chi connectivity index (χ1) is 12.6. The summed E-state index contributed by atoms with van der Waals surface area (Å²) in [5.41, 5.74) is 6.25. The molecule has 1 fully saturated rings. The summed E-state index contributed by atoms with van der Waals surface area (Å²) >= 11 is 1.25. The zero-order valence-corrected chi connectivity index (χ0v) is 15.4. The largest absolute Gasteiger partial charge is 0.368 e. The number of nitrogens with two attached hydrogens (primary N) is 1. The number of benzene rings is 1. The first kappa shape index (κ1) is 18.6. The van der Waals surface area contributed by atoms with Gasteiger partial charge in [-0.05, 0) is 30.5 Å². The molecule has 1 heterocycles. The van der Waals surface area contributed by atoms with Gasteiger partial charge in [-0.25, -0.2) is 4.39 Å². The topological polar surface area (TPSA) is 73.8 Å². The number of amides is 1. The Kier molecular flexibility index (Phi) is 6.08. The Bertz CT molecular complexity index is 768. The monoisotopic (exact) mass is 374 g/mol. The quantitative estimate of drug-likeness (QED) is 0.588. The van der Waals surface area contributed by atoms with Crippen LogP contribution in [-0.2, 0) is 11.3 Å². The van der Waals surface area contributed by atoms with Crippen molar-refractivity contribution in [3.63, 3.8) is 0 Å². The molecule has 138 valence electrons. The molecule has 1 aliphatic rings. The first-order valence-corrected chi connectivity index (χ1v) is 9.73. The zero-order valence-electron chi connectivity index (χ0n) is 14.6. The van der Waals surface area contributed by atoms with E-state index < -0.39 is 11.2 Å². The van der Waals surface area contributed by atoms with Gasteiger partial charge >= 0.3 is 0 Å². The average Bonchev–Trinajstić information content (AvgIpc) is 3.04. The number of rotatable bonds is 7. The summed E-state index contributed by atoms with van der Waals surface area (Å²) < 4.78 is 15.2. The number of carbonyl (C=O) groups is 1. The Hall–Kier alpha value is -2.15. The highest BCUT2D eigenvalue weighted by Gasteiger charge is 2.27. The highest BCUT2D eigenvalue weighted by molar-refractivity contribution is 8.00. The molecule has 0 radical (unpaired) electrons. The SMILES string of the molecule is C=CCn1c(S[C@@H](C(N)=O)c2ccc(F)cc2)nnc1C1CCCCC1. The van der Waals surface area contributed by atoms with Gasteiger partial charge in [-0.2, -0.15) is 0 Å². The summed E-state index contributed by atoms with van der Waals surface area (Å²) in [5.74, 6) is 0.503. The van der Waals surface area contributed by atoms with E-state index in [1.165, 1.54) is 43.2 Å². The summed E-state index contributed by atoms with van der Waals surface area (Å²) in [6, 6.07) is 5.81. The van der Waals surface area contributed by atoms with Crippen LogP contribution in [0.4, 0.5) is 4.39 Å². The van der Waals surface area contributed by atoms with Crippen LogP contribution in [0.5, 0.6) is 0 Å². The van der Waals surface area contributed by atoms with Crippen LogP contribution in [0, 0.1) is 5.82 Å². The van der Waals surface area contributed by atoms with Gasteiger partial charge in [0, 0.05) is 12.5 Å². The molecule has 2 N–H and O–H groups in total. The van der Waals surface area contributed by atoms with Crippen molar-refractivity contribution in [2.75, 3.05) is 0 Å². The number of nitrogens with zero attached hydrogens (tertiary/aromatic N) is 3. The number of carbonyl (C=O) groups excluding carboxylic acids is 1. The van der Waals surface area contributed by atoms with E-state index in [-0.39, 0.29) is 5.82 Å². The minimum atomic E-state index is -0.650. The van der Waals surface area contributed by atoms with Crippen molar-refractivity contribution in [2.45, 2.75) is 55.0 Å². The lowest BCUT2D eigenvalue weighted by Gasteiger charge is -2.22. The van der Waals surface area contributed by atoms with Crippen molar-refractivity contribution in [2.24, 2.45) is 5.73 Å². The van der Waals surface area contributed by atoms with Crippen LogP contribution < -0.4 is 5.73 Å². The van der Waals surface area contributed by atoms with Gasteiger partial charge in [-0.1, -0.05) is 49.2 Å². The standard InChI is InChI=1S/C19H23FN4OS/c1-2-12-24-18(14-6-4-3-5-7-14)22-23-19(24)26-16(17(21)25)13-8-10-15(20)11-9-13/h2,8-11,14,16H,1,3-7,12H2,(H2,21,25)/t16-/m1/s1. The van der Waals surface area contributed by atoms with E-state index in [0.717, 1.165) is 18.7 Å². The molecule has 1 amide bonds. The van der Waals surface area contributed by atoms with Crippen molar-refractivity contribution in [3.8, 4) is 0 Å². The highest BCUT2D eigenvalue weighted by atomic mass is 32.2. The van der Waals surface area contributed by atoms with Crippen LogP contribution in [0.3, 0.4) is 0 Å². The Morgan fingerprint density at radius 2 is 2.00 bits per heavy atom. The number of halogens is 1. The van der Waals surface area contributed by atoms with Gasteiger partial charge in [0.05, 0.1) is 0 Å². The molecular formula is C19H23FN4OS. The van der Waals surface area contributed by atoms with Crippen molar-refractivity contribution in [1.82, 2.24) is 14.8 Å². The molecule has 0 aliphatic heterocycles. The van der Waals surface area contributed by atoms with Gasteiger partial charge in [0.15, 0.2) is 5.16 Å². The predicted molar refractivity (Wildman–Crippen MR) is 100 cm³/mol. The third-order valence-electron chi connectivity index (χ3n) is 4.68. The summed E-state index contributed by atoms with van der Waals surface area (Å²) in [6.07, 6.45) is 7.69. The van der Waals surface area contributed by atoms with Crippen LogP contribution in [0.15, 0.2) is 42.1 Å². The second kappa shape index (κ2) is 8.49. The number of hydrogen-bond acceptors (Lipinski definition) is 4. The van der Waals surface area contributed by atoms with Gasteiger partial charge in [0.2, 0.25) is 5.91 Å². The molecule has 7 heteroatoms. The van der Waals surface area contributed by atoms with E-state index in [1.54, 1.807) is 18.2 Å². The summed E-state index contributed by atoms with van der Waals surface area (Å²) in [4.78, 5) is 12.0. The summed E-state index contributed by atoms with van der Waals surface area (Å²) in [7, 11) is 0. The molecule has 2 aromatic rings. The van der Waals surface area contributed by atoms with E-state index in [1.807, 2.05) is 4.57 Å². The third-order valence-corrected chi connectivity index (χ3v) is 5.93. The fraction of sp³-hybridized carbons (Fsp3) is 0.421. The predicted octanol–water partition coefficient (Wildman–Crippen LogP) is 3.97. The average molecular weight is 374 g/mol. The van der Waals surface area contributed by atoms with E-state index in [4.69, 9.17) is 5.73 Å². The molecule has 1 aromatic heterocycles. The fourth-order valence-corrected chi connectivity index (χ4v) is 4.39. The Morgan fingerprint density at radius 3 is 2.62 bits per heavy atom. The maximum absolute atomic E-state index is 13.2. The van der Waals surface area contributed by atoms with Gasteiger partial charge in [-0.3, -0.25) is 4.79 Å². The zero-order chi connectivity index (χ0) is 18.5. The molecule has 1 saturated carbocycles. The normalized spacial score (nSPS) is 16.3. The van der Waals surface area contributed by atoms with Crippen LogP contribution in [0.1, 0.15) is 54.7 Å². The molecule has 0 saturated heterocycles. The molecule has 1 atom stereocenters. The second-order valence-electron chi connectivity index (χ2n) is 6.53. The smallest absolute Gasteiger partial charge is 0.235 e. The molecule has 0 bridgehead atoms. The summed E-state index contributed by atoms with van der Waals surface area (Å²) in [6.45, 7) is 4.41. The lowest BCUT2D eigenvalue weighted by molar-refractivity contribution is -0.117. The number of allylic oxidation sites excluding steroid dienone is 1. The molecule has 1 aliphatic carbocycles. The molecule has 26 heavy (non-hydrogen) atoms. The van der Waals surface area contributed by atoms with Crippen LogP contribution in [-0.4, -0.2) is 20.7 Å². The van der Waals surface area contributed by atoms with Gasteiger partial charge in [0.1, 0.15) is 16.9 Å².